The number of aromatic nitrogens is 5. The van der Waals surface area contributed by atoms with Crippen molar-refractivity contribution in [3.8, 4) is 11.4 Å². The number of anilines is 1. The Balaban J connectivity index is 1.67. The molecule has 0 aliphatic carbocycles. The molecule has 2 aromatic heterocycles. The van der Waals surface area contributed by atoms with Crippen LogP contribution in [-0.4, -0.2) is 31.3 Å². The third kappa shape index (κ3) is 3.68. The Kier molecular flexibility index (Phi) is 4.41. The number of aryl methyl sites for hydroxylation is 1. The molecule has 3 N–H and O–H groups in total. The van der Waals surface area contributed by atoms with Crippen LogP contribution in [0.3, 0.4) is 0 Å². The molecule has 7 heteroatoms. The largest absolute Gasteiger partial charge is 0.321 e. The van der Waals surface area contributed by atoms with Crippen LogP contribution in [0, 0.1) is 12.8 Å². The Morgan fingerprint density at radius 2 is 1.92 bits per heavy atom. The van der Waals surface area contributed by atoms with Crippen LogP contribution in [0.4, 0.5) is 5.69 Å². The van der Waals surface area contributed by atoms with Crippen LogP contribution in [0.25, 0.3) is 11.4 Å². The summed E-state index contributed by atoms with van der Waals surface area (Å²) < 4.78 is 0. The third-order valence-corrected chi connectivity index (χ3v) is 3.49. The number of carbonyl (C=O) groups is 1. The fourth-order valence-electron chi connectivity index (χ4n) is 2.39. The lowest BCUT2D eigenvalue weighted by Crippen LogP contribution is -2.12. The number of H-pyrrole nitrogens is 2. The number of hydrogen-bond acceptors (Lipinski definition) is 4. The molecule has 0 aliphatic heterocycles. The predicted molar refractivity (Wildman–Crippen MR) is 91.6 cm³/mol. The lowest BCUT2D eigenvalue weighted by atomic mass is 10.1. The van der Waals surface area contributed by atoms with Gasteiger partial charge in [0.2, 0.25) is 0 Å². The fraction of sp³-hybridized carbons (Fsp3) is 0.294. The lowest BCUT2D eigenvalue weighted by Gasteiger charge is -2.03. The number of carbonyl (C=O) groups excluding carboxylic acids is 1. The Labute approximate surface area is 139 Å². The molecule has 1 aromatic carbocycles. The molecule has 0 bridgehead atoms. The highest BCUT2D eigenvalue weighted by Gasteiger charge is 2.12. The van der Waals surface area contributed by atoms with Gasteiger partial charge in [-0.25, -0.2) is 4.98 Å². The van der Waals surface area contributed by atoms with Gasteiger partial charge in [-0.2, -0.15) is 10.2 Å². The Morgan fingerprint density at radius 3 is 2.54 bits per heavy atom. The first kappa shape index (κ1) is 15.9. The van der Waals surface area contributed by atoms with Gasteiger partial charge in [-0.3, -0.25) is 15.0 Å². The van der Waals surface area contributed by atoms with E-state index in [0.717, 1.165) is 23.5 Å². The maximum absolute atomic E-state index is 12.2. The van der Waals surface area contributed by atoms with Crippen molar-refractivity contribution in [2.24, 2.45) is 5.92 Å². The first-order chi connectivity index (χ1) is 11.5. The molecule has 0 unspecified atom stereocenters. The molecular weight excluding hydrogens is 304 g/mol. The summed E-state index contributed by atoms with van der Waals surface area (Å²) >= 11 is 0. The van der Waals surface area contributed by atoms with Gasteiger partial charge >= 0.3 is 0 Å². The Bertz CT molecular complexity index is 831. The molecule has 0 aliphatic rings. The van der Waals surface area contributed by atoms with Crippen LogP contribution in [0.1, 0.15) is 35.9 Å². The molecule has 7 nitrogen and oxygen atoms in total. The number of hydrogen-bond donors (Lipinski definition) is 3. The summed E-state index contributed by atoms with van der Waals surface area (Å²) in [6.07, 6.45) is 0.866. The zero-order valence-electron chi connectivity index (χ0n) is 13.9. The van der Waals surface area contributed by atoms with Gasteiger partial charge < -0.3 is 5.32 Å². The summed E-state index contributed by atoms with van der Waals surface area (Å²) in [6.45, 7) is 6.10. The molecule has 0 saturated carbocycles. The van der Waals surface area contributed by atoms with Gasteiger partial charge in [0.15, 0.2) is 11.5 Å². The van der Waals surface area contributed by atoms with Crippen LogP contribution in [0.2, 0.25) is 0 Å². The minimum absolute atomic E-state index is 0.234. The number of nitrogens with one attached hydrogen (secondary N) is 3. The zero-order chi connectivity index (χ0) is 17.1. The van der Waals surface area contributed by atoms with E-state index in [1.807, 2.05) is 31.2 Å². The van der Waals surface area contributed by atoms with Crippen molar-refractivity contribution in [1.82, 2.24) is 25.4 Å². The Morgan fingerprint density at radius 1 is 1.17 bits per heavy atom. The van der Waals surface area contributed by atoms with Crippen molar-refractivity contribution in [2.75, 3.05) is 5.32 Å². The minimum atomic E-state index is -0.234. The number of amides is 1. The average molecular weight is 324 g/mol. The number of benzene rings is 1. The monoisotopic (exact) mass is 324 g/mol. The number of aromatic amines is 2. The number of rotatable bonds is 5. The Hall–Kier alpha value is -2.96. The molecule has 24 heavy (non-hydrogen) atoms. The molecular formula is C17H20N6O. The van der Waals surface area contributed by atoms with Crippen LogP contribution < -0.4 is 5.32 Å². The van der Waals surface area contributed by atoms with E-state index in [9.17, 15) is 4.79 Å². The lowest BCUT2D eigenvalue weighted by molar-refractivity contribution is 0.102. The first-order valence-corrected chi connectivity index (χ1v) is 7.86. The van der Waals surface area contributed by atoms with E-state index >= 15 is 0 Å². The second-order valence-electron chi connectivity index (χ2n) is 6.15. The van der Waals surface area contributed by atoms with Crippen molar-refractivity contribution in [1.29, 1.82) is 0 Å². The summed E-state index contributed by atoms with van der Waals surface area (Å²) in [5, 5.41) is 16.7. The van der Waals surface area contributed by atoms with Crippen molar-refractivity contribution < 1.29 is 4.79 Å². The van der Waals surface area contributed by atoms with Gasteiger partial charge in [-0.05, 0) is 49.6 Å². The second kappa shape index (κ2) is 6.66. The molecule has 2 heterocycles. The SMILES string of the molecule is Cc1nc(-c2ccc(NC(=O)c3cc(CC(C)C)[nH]n3)cc2)n[nH]1. The van der Waals surface area contributed by atoms with E-state index in [1.54, 1.807) is 6.07 Å². The van der Waals surface area contributed by atoms with E-state index < -0.39 is 0 Å². The normalized spacial score (nSPS) is 11.0. The third-order valence-electron chi connectivity index (χ3n) is 3.49. The minimum Gasteiger partial charge on any atom is -0.321 e. The summed E-state index contributed by atoms with van der Waals surface area (Å²) in [4.78, 5) is 16.5. The van der Waals surface area contributed by atoms with E-state index in [2.05, 4.69) is 44.5 Å². The molecule has 0 saturated heterocycles. The van der Waals surface area contributed by atoms with Gasteiger partial charge in [0, 0.05) is 16.9 Å². The van der Waals surface area contributed by atoms with E-state index in [1.165, 1.54) is 0 Å². The molecule has 0 spiro atoms. The molecule has 0 atom stereocenters. The van der Waals surface area contributed by atoms with Gasteiger partial charge in [0.1, 0.15) is 5.82 Å². The van der Waals surface area contributed by atoms with Crippen molar-refractivity contribution in [3.63, 3.8) is 0 Å². The van der Waals surface area contributed by atoms with Crippen LogP contribution in [0.15, 0.2) is 30.3 Å². The van der Waals surface area contributed by atoms with Crippen LogP contribution in [0.5, 0.6) is 0 Å². The van der Waals surface area contributed by atoms with Crippen molar-refractivity contribution in [3.05, 3.63) is 47.5 Å². The second-order valence-corrected chi connectivity index (χ2v) is 6.15. The maximum atomic E-state index is 12.2. The fourth-order valence-corrected chi connectivity index (χ4v) is 2.39. The van der Waals surface area contributed by atoms with Gasteiger partial charge in [-0.1, -0.05) is 13.8 Å². The molecule has 124 valence electrons. The molecule has 3 aromatic rings. The average Bonchev–Trinajstić information content (AvgIpc) is 3.17. The van der Waals surface area contributed by atoms with Gasteiger partial charge in [-0.15, -0.1) is 0 Å². The van der Waals surface area contributed by atoms with Crippen LogP contribution in [-0.2, 0) is 6.42 Å². The van der Waals surface area contributed by atoms with E-state index in [0.29, 0.717) is 23.1 Å². The summed E-state index contributed by atoms with van der Waals surface area (Å²) in [6, 6.07) is 9.17. The first-order valence-electron chi connectivity index (χ1n) is 7.86. The van der Waals surface area contributed by atoms with E-state index in [4.69, 9.17) is 0 Å². The van der Waals surface area contributed by atoms with Crippen molar-refractivity contribution in [2.45, 2.75) is 27.2 Å². The van der Waals surface area contributed by atoms with Gasteiger partial charge in [0.05, 0.1) is 0 Å². The topological polar surface area (TPSA) is 99.3 Å². The maximum Gasteiger partial charge on any atom is 0.276 e. The molecule has 0 fully saturated rings. The van der Waals surface area contributed by atoms with Crippen LogP contribution >= 0.6 is 0 Å². The molecule has 3 rings (SSSR count). The standard InChI is InChI=1S/C17H20N6O/c1-10(2)8-14-9-15(22-21-14)17(24)19-13-6-4-12(5-7-13)16-18-11(3)20-23-16/h4-7,9-10H,8H2,1-3H3,(H,19,24)(H,21,22)(H,18,20,23). The summed E-state index contributed by atoms with van der Waals surface area (Å²) in [5.41, 5.74) is 2.94. The number of nitrogens with zero attached hydrogens (tertiary/aromatic N) is 3. The highest BCUT2D eigenvalue weighted by atomic mass is 16.1. The predicted octanol–water partition coefficient (Wildman–Crippen LogP) is 2.95. The highest BCUT2D eigenvalue weighted by Crippen LogP contribution is 2.18. The highest BCUT2D eigenvalue weighted by molar-refractivity contribution is 6.02. The smallest absolute Gasteiger partial charge is 0.276 e. The van der Waals surface area contributed by atoms with Crippen molar-refractivity contribution >= 4 is 11.6 Å². The van der Waals surface area contributed by atoms with E-state index in [-0.39, 0.29) is 5.91 Å². The summed E-state index contributed by atoms with van der Waals surface area (Å²) in [7, 11) is 0. The summed E-state index contributed by atoms with van der Waals surface area (Å²) in [5.74, 6) is 1.67. The quantitative estimate of drug-likeness (QED) is 0.672. The molecule has 0 radical (unpaired) electrons. The zero-order valence-corrected chi connectivity index (χ0v) is 13.9. The van der Waals surface area contributed by atoms with Gasteiger partial charge in [0.25, 0.3) is 5.91 Å². The molecule has 1 amide bonds.